The molecule has 0 unspecified atom stereocenters. The van der Waals surface area contributed by atoms with Crippen LogP contribution in [0.5, 0.6) is 0 Å². The predicted molar refractivity (Wildman–Crippen MR) is 104 cm³/mol. The van der Waals surface area contributed by atoms with Gasteiger partial charge < -0.3 is 4.55 Å². The van der Waals surface area contributed by atoms with E-state index in [0.717, 1.165) is 26.6 Å². The van der Waals surface area contributed by atoms with Gasteiger partial charge in [0.05, 0.1) is 0 Å². The number of halogens is 3. The number of alkyl halides is 3. The van der Waals surface area contributed by atoms with Gasteiger partial charge in [-0.3, -0.25) is 0 Å². The van der Waals surface area contributed by atoms with E-state index in [1.165, 1.54) is 19.3 Å². The zero-order chi connectivity index (χ0) is 19.9. The largest absolute Gasteiger partial charge is 0.741 e. The van der Waals surface area contributed by atoms with Gasteiger partial charge in [-0.05, 0) is 87.9 Å². The average Bonchev–Trinajstić information content (AvgIpc) is 2.64. The molecule has 3 rings (SSSR count). The highest BCUT2D eigenvalue weighted by Crippen LogP contribution is 2.40. The zero-order valence-corrected chi connectivity index (χ0v) is 17.6. The first-order valence-electron chi connectivity index (χ1n) is 10.4. The van der Waals surface area contributed by atoms with E-state index in [1.807, 2.05) is 0 Å². The van der Waals surface area contributed by atoms with Gasteiger partial charge in [0.1, 0.15) is 15.7 Å². The Morgan fingerprint density at radius 1 is 0.630 bits per heavy atom. The molecule has 3 fully saturated rings. The topological polar surface area (TPSA) is 57.2 Å². The third kappa shape index (κ3) is 7.42. The van der Waals surface area contributed by atoms with Crippen molar-refractivity contribution in [2.24, 2.45) is 0 Å². The lowest BCUT2D eigenvalue weighted by Crippen LogP contribution is -2.43. The molecule has 0 atom stereocenters. The van der Waals surface area contributed by atoms with E-state index < -0.39 is 15.6 Å². The Bertz CT molecular complexity index is 476. The smallest absolute Gasteiger partial charge is 0.485 e. The molecular formula is C19H33F3O3S2. The second-order valence-corrected chi connectivity index (χ2v) is 12.3. The lowest BCUT2D eigenvalue weighted by atomic mass is 9.99. The van der Waals surface area contributed by atoms with E-state index in [-0.39, 0.29) is 0 Å². The van der Waals surface area contributed by atoms with Crippen LogP contribution in [0.2, 0.25) is 0 Å². The van der Waals surface area contributed by atoms with Crippen LogP contribution in [0.3, 0.4) is 0 Å². The van der Waals surface area contributed by atoms with Gasteiger partial charge in [-0.25, -0.2) is 8.42 Å². The molecule has 0 N–H and O–H groups in total. The highest BCUT2D eigenvalue weighted by atomic mass is 32.2. The Kier molecular flexibility index (Phi) is 9.26. The molecule has 3 aliphatic rings. The average molecular weight is 431 g/mol. The van der Waals surface area contributed by atoms with Gasteiger partial charge in [-0.1, -0.05) is 19.3 Å². The van der Waals surface area contributed by atoms with Crippen molar-refractivity contribution in [2.75, 3.05) is 0 Å². The molecule has 3 nitrogen and oxygen atoms in total. The molecule has 0 aromatic rings. The van der Waals surface area contributed by atoms with E-state index in [0.29, 0.717) is 0 Å². The quantitative estimate of drug-likeness (QED) is 0.330. The summed E-state index contributed by atoms with van der Waals surface area (Å²) in [5.41, 5.74) is -5.65. The fourth-order valence-corrected chi connectivity index (χ4v) is 9.09. The summed E-state index contributed by atoms with van der Waals surface area (Å²) in [7, 11) is -5.27. The molecule has 0 bridgehead atoms. The van der Waals surface area contributed by atoms with E-state index in [4.69, 9.17) is 13.0 Å². The summed E-state index contributed by atoms with van der Waals surface area (Å²) < 4.78 is 58.9. The third-order valence-electron chi connectivity index (χ3n) is 6.09. The maximum Gasteiger partial charge on any atom is 0.485 e. The summed E-state index contributed by atoms with van der Waals surface area (Å²) in [6, 6.07) is 0. The van der Waals surface area contributed by atoms with Crippen LogP contribution in [0, 0.1) is 0 Å². The summed E-state index contributed by atoms with van der Waals surface area (Å²) in [5, 5.41) is 3.46. The first kappa shape index (κ1) is 23.3. The first-order valence-corrected chi connectivity index (χ1v) is 13.3. The zero-order valence-electron chi connectivity index (χ0n) is 16.0. The van der Waals surface area contributed by atoms with Gasteiger partial charge >= 0.3 is 5.51 Å². The maximum atomic E-state index is 10.7. The fourth-order valence-electron chi connectivity index (χ4n) is 4.83. The summed E-state index contributed by atoms with van der Waals surface area (Å²) >= 11 is 0. The van der Waals surface area contributed by atoms with Crippen LogP contribution >= 0.6 is 0 Å². The van der Waals surface area contributed by atoms with E-state index in [1.54, 1.807) is 77.0 Å². The maximum absolute atomic E-state index is 10.7. The Morgan fingerprint density at radius 2 is 0.852 bits per heavy atom. The summed E-state index contributed by atoms with van der Waals surface area (Å²) in [5.74, 6) is 0. The monoisotopic (exact) mass is 430 g/mol. The van der Waals surface area contributed by atoms with Gasteiger partial charge in [0, 0.05) is 0 Å². The predicted octanol–water partition coefficient (Wildman–Crippen LogP) is 5.65. The molecule has 0 radical (unpaired) electrons. The Balaban J connectivity index is 0.000000279. The summed E-state index contributed by atoms with van der Waals surface area (Å²) in [6.45, 7) is 0. The van der Waals surface area contributed by atoms with Crippen molar-refractivity contribution in [3.8, 4) is 0 Å². The van der Waals surface area contributed by atoms with E-state index in [9.17, 15) is 13.2 Å². The minimum absolute atomic E-state index is 0.816. The molecule has 160 valence electrons. The molecule has 0 aliphatic heterocycles. The lowest BCUT2D eigenvalue weighted by molar-refractivity contribution is -0.0517. The van der Waals surface area contributed by atoms with Crippen molar-refractivity contribution >= 4 is 21.0 Å². The Labute approximate surface area is 165 Å². The highest BCUT2D eigenvalue weighted by molar-refractivity contribution is 7.98. The molecule has 0 heterocycles. The summed E-state index contributed by atoms with van der Waals surface area (Å²) in [6.07, 6.45) is 23.4. The minimum atomic E-state index is -6.09. The van der Waals surface area contributed by atoms with Gasteiger partial charge in [-0.2, -0.15) is 13.2 Å². The molecule has 27 heavy (non-hydrogen) atoms. The number of hydrogen-bond acceptors (Lipinski definition) is 3. The molecule has 0 aromatic carbocycles. The van der Waals surface area contributed by atoms with Crippen LogP contribution in [0.4, 0.5) is 13.2 Å². The van der Waals surface area contributed by atoms with Gasteiger partial charge in [-0.15, -0.1) is 0 Å². The molecule has 0 aromatic heterocycles. The first-order chi connectivity index (χ1) is 12.7. The van der Waals surface area contributed by atoms with Gasteiger partial charge in [0.2, 0.25) is 0 Å². The Morgan fingerprint density at radius 3 is 1.04 bits per heavy atom. The van der Waals surface area contributed by atoms with Crippen LogP contribution in [0.1, 0.15) is 96.3 Å². The minimum Gasteiger partial charge on any atom is -0.741 e. The van der Waals surface area contributed by atoms with Gasteiger partial charge in [0.15, 0.2) is 10.1 Å². The standard InChI is InChI=1S/C18H33S.CHF3O3S/c1-4-10-16(11-5-1)19(17-12-6-2-7-13-17)18-14-8-3-9-15-18;2-1(3,4)8(5,6)7/h16-18H,1-15H2;(H,5,6,7)/q+1;/p-1. The third-order valence-corrected chi connectivity index (χ3v) is 10.4. The second kappa shape index (κ2) is 10.7. The fraction of sp³-hybridized carbons (Fsp3) is 1.00. The Hall–Kier alpha value is 0.0500. The molecule has 8 heteroatoms. The van der Waals surface area contributed by atoms with Crippen LogP contribution in [0.15, 0.2) is 0 Å². The normalized spacial score (nSPS) is 24.5. The SMILES string of the molecule is C1CCC([S+](C2CCCCC2)C2CCCCC2)CC1.O=S(=O)([O-])C(F)(F)F. The highest BCUT2D eigenvalue weighted by Gasteiger charge is 2.45. The van der Waals surface area contributed by atoms with Crippen molar-refractivity contribution in [2.45, 2.75) is 118 Å². The van der Waals surface area contributed by atoms with Crippen molar-refractivity contribution in [3.63, 3.8) is 0 Å². The van der Waals surface area contributed by atoms with E-state index in [2.05, 4.69) is 0 Å². The van der Waals surface area contributed by atoms with Crippen molar-refractivity contribution in [1.82, 2.24) is 0 Å². The summed E-state index contributed by atoms with van der Waals surface area (Å²) in [4.78, 5) is 0. The molecule has 0 saturated heterocycles. The number of rotatable bonds is 3. The number of hydrogen-bond donors (Lipinski definition) is 0. The van der Waals surface area contributed by atoms with Crippen molar-refractivity contribution in [1.29, 1.82) is 0 Å². The van der Waals surface area contributed by atoms with E-state index >= 15 is 0 Å². The molecular weight excluding hydrogens is 397 g/mol. The second-order valence-electron chi connectivity index (χ2n) is 8.09. The molecule has 3 aliphatic carbocycles. The lowest BCUT2D eigenvalue weighted by Gasteiger charge is -2.36. The molecule has 3 saturated carbocycles. The molecule has 0 spiro atoms. The van der Waals surface area contributed by atoms with Crippen LogP contribution in [0.25, 0.3) is 0 Å². The molecule has 0 amide bonds. The van der Waals surface area contributed by atoms with Crippen LogP contribution in [-0.4, -0.2) is 34.2 Å². The van der Waals surface area contributed by atoms with Gasteiger partial charge in [0.25, 0.3) is 0 Å². The van der Waals surface area contributed by atoms with Crippen molar-refractivity contribution < 1.29 is 26.1 Å². The van der Waals surface area contributed by atoms with Crippen molar-refractivity contribution in [3.05, 3.63) is 0 Å². The van der Waals surface area contributed by atoms with Crippen LogP contribution in [-0.2, 0) is 21.0 Å². The van der Waals surface area contributed by atoms with Crippen LogP contribution < -0.4 is 0 Å².